The number of hydrogen-bond acceptors (Lipinski definition) is 2. The zero-order chi connectivity index (χ0) is 19.5. The minimum absolute atomic E-state index is 0.0148. The predicted molar refractivity (Wildman–Crippen MR) is 120 cm³/mol. The predicted octanol–water partition coefficient (Wildman–Crippen LogP) is 4.43. The van der Waals surface area contributed by atoms with Crippen molar-refractivity contribution in [3.63, 3.8) is 0 Å². The summed E-state index contributed by atoms with van der Waals surface area (Å²) in [5.74, 6) is 0.576. The highest BCUT2D eigenvalue weighted by atomic mass is 31.1. The molecule has 1 unspecified atom stereocenters. The highest BCUT2D eigenvalue weighted by Crippen LogP contribution is 2.39. The Morgan fingerprint density at radius 2 is 1.36 bits per heavy atom. The van der Waals surface area contributed by atoms with Gasteiger partial charge in [0.1, 0.15) is 6.23 Å². The molecule has 28 heavy (non-hydrogen) atoms. The normalized spacial score (nSPS) is 20.2. The van der Waals surface area contributed by atoms with Crippen molar-refractivity contribution in [3.05, 3.63) is 90.5 Å². The highest BCUT2D eigenvalue weighted by Gasteiger charge is 2.36. The van der Waals surface area contributed by atoms with E-state index in [1.807, 2.05) is 0 Å². The molecule has 3 aromatic rings. The molecule has 1 heterocycles. The minimum atomic E-state index is -0.638. The summed E-state index contributed by atoms with van der Waals surface area (Å²) in [4.78, 5) is 2.41. The minimum Gasteiger partial charge on any atom is -0.357 e. The molecule has 3 heteroatoms. The molecule has 0 aliphatic carbocycles. The van der Waals surface area contributed by atoms with Gasteiger partial charge in [-0.15, -0.1) is 0 Å². The van der Waals surface area contributed by atoms with Gasteiger partial charge in [0.15, 0.2) is 0 Å². The fourth-order valence-corrected chi connectivity index (χ4v) is 6.53. The molecule has 0 saturated carbocycles. The Morgan fingerprint density at radius 3 is 1.89 bits per heavy atom. The average molecular weight is 389 g/mol. The van der Waals surface area contributed by atoms with E-state index in [2.05, 4.69) is 111 Å². The molecule has 144 valence electrons. The van der Waals surface area contributed by atoms with Crippen LogP contribution in [0.4, 0.5) is 0 Å². The molecule has 1 fully saturated rings. The van der Waals surface area contributed by atoms with Crippen molar-refractivity contribution in [2.75, 3.05) is 13.7 Å². The Bertz CT molecular complexity index is 857. The molecule has 0 spiro atoms. The number of hydrogen-bond donors (Lipinski definition) is 0. The molecule has 0 radical (unpaired) electrons. The molecule has 2 nitrogen and oxygen atoms in total. The molecule has 1 aliphatic heterocycles. The standard InChI is InChI=1S/C25H28NOP/c1-19(2)23-18-27-25(26(23)3)22-16-10-11-17-24(22)28(20-12-6-4-7-13-20)21-14-8-5-9-15-21/h4-17,19,23,25H,18H2,1-3H3/t23-,25?/m1/s1. The molecule has 0 bridgehead atoms. The third kappa shape index (κ3) is 3.78. The maximum Gasteiger partial charge on any atom is 0.137 e. The van der Waals surface area contributed by atoms with Crippen molar-refractivity contribution in [2.24, 2.45) is 5.92 Å². The molecule has 2 atom stereocenters. The Kier molecular flexibility index (Phi) is 5.92. The van der Waals surface area contributed by atoms with Gasteiger partial charge in [0.05, 0.1) is 6.61 Å². The first-order valence-electron chi connectivity index (χ1n) is 9.99. The topological polar surface area (TPSA) is 12.5 Å². The molecule has 1 saturated heterocycles. The van der Waals surface area contributed by atoms with Gasteiger partial charge in [0.25, 0.3) is 0 Å². The van der Waals surface area contributed by atoms with Crippen molar-refractivity contribution >= 4 is 23.8 Å². The Balaban J connectivity index is 1.81. The van der Waals surface area contributed by atoms with Gasteiger partial charge in [-0.05, 0) is 36.8 Å². The Hall–Kier alpha value is -1.99. The summed E-state index contributed by atoms with van der Waals surface area (Å²) in [6.07, 6.45) is 0.0148. The first-order valence-corrected chi connectivity index (χ1v) is 11.3. The van der Waals surface area contributed by atoms with Crippen LogP contribution in [0.15, 0.2) is 84.9 Å². The number of nitrogens with zero attached hydrogens (tertiary/aromatic N) is 1. The van der Waals surface area contributed by atoms with Crippen LogP contribution in [-0.2, 0) is 4.74 Å². The van der Waals surface area contributed by atoms with Crippen LogP contribution >= 0.6 is 7.92 Å². The fraction of sp³-hybridized carbons (Fsp3) is 0.280. The van der Waals surface area contributed by atoms with Crippen LogP contribution in [0.1, 0.15) is 25.6 Å². The van der Waals surface area contributed by atoms with E-state index in [1.54, 1.807) is 0 Å². The van der Waals surface area contributed by atoms with Crippen LogP contribution in [0.3, 0.4) is 0 Å². The Morgan fingerprint density at radius 1 is 0.821 bits per heavy atom. The van der Waals surface area contributed by atoms with Crippen molar-refractivity contribution in [3.8, 4) is 0 Å². The van der Waals surface area contributed by atoms with E-state index in [9.17, 15) is 0 Å². The van der Waals surface area contributed by atoms with Crippen molar-refractivity contribution in [2.45, 2.75) is 26.1 Å². The summed E-state index contributed by atoms with van der Waals surface area (Å²) in [7, 11) is 1.56. The second-order valence-corrected chi connectivity index (χ2v) is 9.91. The molecule has 1 aliphatic rings. The lowest BCUT2D eigenvalue weighted by molar-refractivity contribution is 0.0429. The summed E-state index contributed by atoms with van der Waals surface area (Å²) in [6.45, 7) is 5.35. The van der Waals surface area contributed by atoms with Crippen LogP contribution in [0.2, 0.25) is 0 Å². The van der Waals surface area contributed by atoms with E-state index in [4.69, 9.17) is 4.74 Å². The first kappa shape index (κ1) is 19.3. The van der Waals surface area contributed by atoms with Crippen LogP contribution in [0, 0.1) is 5.92 Å². The van der Waals surface area contributed by atoms with E-state index in [1.165, 1.54) is 21.5 Å². The zero-order valence-corrected chi connectivity index (χ0v) is 17.7. The van der Waals surface area contributed by atoms with Gasteiger partial charge in [-0.25, -0.2) is 0 Å². The molecular weight excluding hydrogens is 361 g/mol. The summed E-state index contributed by atoms with van der Waals surface area (Å²) < 4.78 is 6.32. The molecule has 0 aromatic heterocycles. The largest absolute Gasteiger partial charge is 0.357 e. The van der Waals surface area contributed by atoms with Gasteiger partial charge in [-0.3, -0.25) is 4.90 Å². The number of benzene rings is 3. The summed E-state index contributed by atoms with van der Waals surface area (Å²) in [6, 6.07) is 31.1. The van der Waals surface area contributed by atoms with Gasteiger partial charge >= 0.3 is 0 Å². The first-order chi connectivity index (χ1) is 13.7. The third-order valence-corrected chi connectivity index (χ3v) is 8.08. The molecular formula is C25H28NOP. The maximum atomic E-state index is 6.32. The number of likely N-dealkylation sites (N-methyl/N-ethyl adjacent to an activating group) is 1. The Labute approximate surface area is 169 Å². The van der Waals surface area contributed by atoms with E-state index in [-0.39, 0.29) is 6.23 Å². The van der Waals surface area contributed by atoms with Crippen LogP contribution < -0.4 is 15.9 Å². The highest BCUT2D eigenvalue weighted by molar-refractivity contribution is 7.79. The molecule has 3 aromatic carbocycles. The van der Waals surface area contributed by atoms with E-state index >= 15 is 0 Å². The molecule has 0 N–H and O–H groups in total. The number of ether oxygens (including phenoxy) is 1. The van der Waals surface area contributed by atoms with Gasteiger partial charge < -0.3 is 4.74 Å². The monoisotopic (exact) mass is 389 g/mol. The lowest BCUT2D eigenvalue weighted by Crippen LogP contribution is -2.35. The van der Waals surface area contributed by atoms with E-state index in [0.717, 1.165) is 6.61 Å². The quantitative estimate of drug-likeness (QED) is 0.599. The maximum absolute atomic E-state index is 6.32. The molecule has 4 rings (SSSR count). The summed E-state index contributed by atoms with van der Waals surface area (Å²) in [5, 5.41) is 4.13. The SMILES string of the molecule is CC(C)[C@H]1COC(c2ccccc2P(c2ccccc2)c2ccccc2)N1C. The molecule has 0 amide bonds. The van der Waals surface area contributed by atoms with Gasteiger partial charge in [0, 0.05) is 11.6 Å². The zero-order valence-electron chi connectivity index (χ0n) is 16.8. The van der Waals surface area contributed by atoms with Crippen molar-refractivity contribution < 1.29 is 4.74 Å². The van der Waals surface area contributed by atoms with Gasteiger partial charge in [0.2, 0.25) is 0 Å². The summed E-state index contributed by atoms with van der Waals surface area (Å²) >= 11 is 0. The van der Waals surface area contributed by atoms with E-state index < -0.39 is 7.92 Å². The lowest BCUT2D eigenvalue weighted by Gasteiger charge is -2.29. The smallest absolute Gasteiger partial charge is 0.137 e. The number of rotatable bonds is 5. The van der Waals surface area contributed by atoms with Gasteiger partial charge in [-0.2, -0.15) is 0 Å². The average Bonchev–Trinajstić information content (AvgIpc) is 3.12. The van der Waals surface area contributed by atoms with Crippen LogP contribution in [0.5, 0.6) is 0 Å². The second-order valence-electron chi connectivity index (χ2n) is 7.73. The third-order valence-electron chi connectivity index (χ3n) is 5.56. The second kappa shape index (κ2) is 8.57. The van der Waals surface area contributed by atoms with Crippen molar-refractivity contribution in [1.82, 2.24) is 4.90 Å². The van der Waals surface area contributed by atoms with Crippen LogP contribution in [-0.4, -0.2) is 24.6 Å². The van der Waals surface area contributed by atoms with E-state index in [0.29, 0.717) is 12.0 Å². The lowest BCUT2D eigenvalue weighted by atomic mass is 10.0. The fourth-order valence-electron chi connectivity index (χ4n) is 4.05. The van der Waals surface area contributed by atoms with Gasteiger partial charge in [-0.1, -0.05) is 98.8 Å². The van der Waals surface area contributed by atoms with Crippen LogP contribution in [0.25, 0.3) is 0 Å². The van der Waals surface area contributed by atoms with Crippen molar-refractivity contribution in [1.29, 1.82) is 0 Å². The summed E-state index contributed by atoms with van der Waals surface area (Å²) in [5.41, 5.74) is 1.30.